The van der Waals surface area contributed by atoms with Gasteiger partial charge in [-0.15, -0.1) is 0 Å². The lowest BCUT2D eigenvalue weighted by Crippen LogP contribution is -2.50. The van der Waals surface area contributed by atoms with Gasteiger partial charge in [-0.25, -0.2) is 8.42 Å². The number of hydrogen-bond acceptors (Lipinski definition) is 6. The van der Waals surface area contributed by atoms with E-state index in [1.165, 1.54) is 8.99 Å². The van der Waals surface area contributed by atoms with Gasteiger partial charge in [-0.3, -0.25) is 4.79 Å². The standard InChI is InChI=1S/C16H25ClN4O4S/c1-12(2)26(23,24)20-8-6-19(7-9-20)13-11-18-21(16(22)15(13)17)14-5-3-4-10-25-14/h11-12,14H,3-10H2,1-2H3. The van der Waals surface area contributed by atoms with E-state index in [-0.39, 0.29) is 16.8 Å². The predicted octanol–water partition coefficient (Wildman–Crippen LogP) is 1.46. The van der Waals surface area contributed by atoms with Gasteiger partial charge in [-0.1, -0.05) is 11.6 Å². The summed E-state index contributed by atoms with van der Waals surface area (Å²) in [4.78, 5) is 14.5. The lowest BCUT2D eigenvalue weighted by atomic mass is 10.2. The second-order valence-corrected chi connectivity index (χ2v) is 9.76. The van der Waals surface area contributed by atoms with Crippen molar-refractivity contribution >= 4 is 27.3 Å². The smallest absolute Gasteiger partial charge is 0.290 e. The molecule has 1 aromatic heterocycles. The molecule has 2 fully saturated rings. The normalized spacial score (nSPS) is 22.8. The van der Waals surface area contributed by atoms with Crippen molar-refractivity contribution in [1.29, 1.82) is 0 Å². The maximum absolute atomic E-state index is 12.6. The van der Waals surface area contributed by atoms with Crippen LogP contribution in [0, 0.1) is 0 Å². The summed E-state index contributed by atoms with van der Waals surface area (Å²) in [5.41, 5.74) is 0.179. The molecule has 2 aliphatic rings. The van der Waals surface area contributed by atoms with Gasteiger partial charge >= 0.3 is 0 Å². The Balaban J connectivity index is 1.75. The van der Waals surface area contributed by atoms with Crippen molar-refractivity contribution in [3.05, 3.63) is 21.6 Å². The molecule has 8 nitrogen and oxygen atoms in total. The molecule has 0 spiro atoms. The van der Waals surface area contributed by atoms with Crippen molar-refractivity contribution in [3.63, 3.8) is 0 Å². The predicted molar refractivity (Wildman–Crippen MR) is 100 cm³/mol. The van der Waals surface area contributed by atoms with Crippen LogP contribution in [0.3, 0.4) is 0 Å². The fourth-order valence-corrected chi connectivity index (χ4v) is 4.78. The number of sulfonamides is 1. The fraction of sp³-hybridized carbons (Fsp3) is 0.750. The molecule has 0 aromatic carbocycles. The van der Waals surface area contributed by atoms with Crippen molar-refractivity contribution in [3.8, 4) is 0 Å². The third kappa shape index (κ3) is 3.76. The highest BCUT2D eigenvalue weighted by Crippen LogP contribution is 2.26. The molecule has 26 heavy (non-hydrogen) atoms. The lowest BCUT2D eigenvalue weighted by molar-refractivity contribution is -0.0424. The van der Waals surface area contributed by atoms with E-state index in [4.69, 9.17) is 16.3 Å². The van der Waals surface area contributed by atoms with Gasteiger partial charge in [-0.2, -0.15) is 14.1 Å². The van der Waals surface area contributed by atoms with Crippen LogP contribution >= 0.6 is 11.6 Å². The number of hydrogen-bond donors (Lipinski definition) is 0. The number of anilines is 1. The van der Waals surface area contributed by atoms with Gasteiger partial charge in [0.2, 0.25) is 10.0 Å². The first kappa shape index (κ1) is 19.6. The Hall–Kier alpha value is -1.16. The van der Waals surface area contributed by atoms with Crippen LogP contribution in [0.1, 0.15) is 39.3 Å². The van der Waals surface area contributed by atoms with Crippen molar-refractivity contribution in [1.82, 2.24) is 14.1 Å². The maximum atomic E-state index is 12.6. The van der Waals surface area contributed by atoms with E-state index in [0.717, 1.165) is 19.3 Å². The van der Waals surface area contributed by atoms with Gasteiger partial charge in [0.15, 0.2) is 6.23 Å². The summed E-state index contributed by atoms with van der Waals surface area (Å²) < 4.78 is 33.0. The molecule has 1 atom stereocenters. The molecule has 1 unspecified atom stereocenters. The Morgan fingerprint density at radius 2 is 1.92 bits per heavy atom. The molecule has 3 heterocycles. The quantitative estimate of drug-likeness (QED) is 0.755. The summed E-state index contributed by atoms with van der Waals surface area (Å²) in [6.45, 7) is 5.64. The second-order valence-electron chi connectivity index (χ2n) is 6.89. The van der Waals surface area contributed by atoms with E-state index >= 15 is 0 Å². The largest absolute Gasteiger partial charge is 0.366 e. The number of piperazine rings is 1. The average Bonchev–Trinajstić information content (AvgIpc) is 2.64. The lowest BCUT2D eigenvalue weighted by Gasteiger charge is -2.36. The molecule has 146 valence electrons. The van der Waals surface area contributed by atoms with Gasteiger partial charge in [0.25, 0.3) is 5.56 Å². The summed E-state index contributed by atoms with van der Waals surface area (Å²) in [6.07, 6.45) is 3.93. The first-order valence-corrected chi connectivity index (χ1v) is 10.8. The number of nitrogens with zero attached hydrogens (tertiary/aromatic N) is 4. The summed E-state index contributed by atoms with van der Waals surface area (Å²) in [7, 11) is -3.27. The van der Waals surface area contributed by atoms with Gasteiger partial charge in [-0.05, 0) is 33.1 Å². The molecule has 0 radical (unpaired) electrons. The molecule has 10 heteroatoms. The third-order valence-electron chi connectivity index (χ3n) is 4.89. The van der Waals surface area contributed by atoms with Crippen molar-refractivity contribution in [2.45, 2.75) is 44.6 Å². The van der Waals surface area contributed by atoms with Gasteiger partial charge < -0.3 is 9.64 Å². The zero-order valence-corrected chi connectivity index (χ0v) is 16.7. The molecular formula is C16H25ClN4O4S. The first-order chi connectivity index (χ1) is 12.3. The van der Waals surface area contributed by atoms with Crippen LogP contribution in [0.25, 0.3) is 0 Å². The topological polar surface area (TPSA) is 84.7 Å². The summed E-state index contributed by atoms with van der Waals surface area (Å²) in [5, 5.41) is 3.92. The molecule has 0 aliphatic carbocycles. The van der Waals surface area contributed by atoms with Crippen molar-refractivity contribution in [2.24, 2.45) is 0 Å². The van der Waals surface area contributed by atoms with Crippen LogP contribution in [0.2, 0.25) is 5.02 Å². The van der Waals surface area contributed by atoms with Crippen LogP contribution in [0.15, 0.2) is 11.0 Å². The van der Waals surface area contributed by atoms with Crippen LogP contribution in [-0.4, -0.2) is 60.5 Å². The van der Waals surface area contributed by atoms with Gasteiger partial charge in [0.1, 0.15) is 5.02 Å². The van der Waals surface area contributed by atoms with Crippen LogP contribution in [0.4, 0.5) is 5.69 Å². The van der Waals surface area contributed by atoms with E-state index in [9.17, 15) is 13.2 Å². The maximum Gasteiger partial charge on any atom is 0.290 e. The molecule has 0 bridgehead atoms. The van der Waals surface area contributed by atoms with E-state index in [1.54, 1.807) is 20.0 Å². The molecule has 3 rings (SSSR count). The fourth-order valence-electron chi connectivity index (χ4n) is 3.26. The van der Waals surface area contributed by atoms with E-state index < -0.39 is 15.3 Å². The number of halogens is 1. The van der Waals surface area contributed by atoms with Crippen LogP contribution < -0.4 is 10.5 Å². The Kier molecular flexibility index (Phi) is 5.91. The summed E-state index contributed by atoms with van der Waals surface area (Å²) >= 11 is 6.33. The molecule has 0 N–H and O–H groups in total. The SMILES string of the molecule is CC(C)S(=O)(=O)N1CCN(c2cnn(C3CCCCO3)c(=O)c2Cl)CC1. The van der Waals surface area contributed by atoms with E-state index in [0.29, 0.717) is 38.5 Å². The second kappa shape index (κ2) is 7.84. The monoisotopic (exact) mass is 404 g/mol. The highest BCUT2D eigenvalue weighted by molar-refractivity contribution is 7.89. The zero-order chi connectivity index (χ0) is 18.9. The molecule has 0 amide bonds. The molecule has 0 saturated carbocycles. The molecular weight excluding hydrogens is 380 g/mol. The van der Waals surface area contributed by atoms with E-state index in [1.807, 2.05) is 4.90 Å². The average molecular weight is 405 g/mol. The van der Waals surface area contributed by atoms with Crippen LogP contribution in [-0.2, 0) is 14.8 Å². The molecule has 1 aromatic rings. The minimum absolute atomic E-state index is 0.106. The van der Waals surface area contributed by atoms with Crippen LogP contribution in [0.5, 0.6) is 0 Å². The van der Waals surface area contributed by atoms with Gasteiger partial charge in [0, 0.05) is 32.8 Å². The Bertz CT molecular complexity index is 797. The van der Waals surface area contributed by atoms with Crippen molar-refractivity contribution in [2.75, 3.05) is 37.7 Å². The Morgan fingerprint density at radius 3 is 2.50 bits per heavy atom. The Morgan fingerprint density at radius 1 is 1.23 bits per heavy atom. The highest BCUT2D eigenvalue weighted by atomic mass is 35.5. The number of aromatic nitrogens is 2. The summed E-state index contributed by atoms with van der Waals surface area (Å²) in [6, 6.07) is 0. The highest BCUT2D eigenvalue weighted by Gasteiger charge is 2.30. The number of ether oxygens (including phenoxy) is 1. The molecule has 2 aliphatic heterocycles. The summed E-state index contributed by atoms with van der Waals surface area (Å²) in [5.74, 6) is 0. The van der Waals surface area contributed by atoms with Gasteiger partial charge in [0.05, 0.1) is 17.1 Å². The molecule has 2 saturated heterocycles. The number of rotatable bonds is 4. The van der Waals surface area contributed by atoms with Crippen molar-refractivity contribution < 1.29 is 13.2 Å². The third-order valence-corrected chi connectivity index (χ3v) is 7.52. The van der Waals surface area contributed by atoms with E-state index in [2.05, 4.69) is 5.10 Å². The Labute approximate surface area is 158 Å². The first-order valence-electron chi connectivity index (χ1n) is 8.95. The minimum Gasteiger partial charge on any atom is -0.366 e. The zero-order valence-electron chi connectivity index (χ0n) is 15.1. The minimum atomic E-state index is -3.27.